The average molecular weight is 263 g/mol. The molecule has 5 heteroatoms. The monoisotopic (exact) mass is 263 g/mol. The van der Waals surface area contributed by atoms with Crippen molar-refractivity contribution in [1.82, 2.24) is 15.1 Å². The lowest BCUT2D eigenvalue weighted by molar-refractivity contribution is 0.410. The van der Waals surface area contributed by atoms with Crippen LogP contribution in [0.3, 0.4) is 0 Å². The topological polar surface area (TPSA) is 39.1 Å². The van der Waals surface area contributed by atoms with Gasteiger partial charge in [0, 0.05) is 43.5 Å². The van der Waals surface area contributed by atoms with Crippen LogP contribution in [-0.2, 0) is 20.1 Å². The van der Waals surface area contributed by atoms with Crippen LogP contribution in [0.15, 0.2) is 24.4 Å². The molecule has 0 fully saturated rings. The summed E-state index contributed by atoms with van der Waals surface area (Å²) in [7, 11) is 3.41. The van der Waals surface area contributed by atoms with E-state index in [-0.39, 0.29) is 5.82 Å². The Kier molecular flexibility index (Phi) is 4.16. The minimum Gasteiger partial charge on any atom is -0.497 e. The van der Waals surface area contributed by atoms with Crippen molar-refractivity contribution in [3.63, 3.8) is 0 Å². The van der Waals surface area contributed by atoms with Gasteiger partial charge in [0.05, 0.1) is 12.8 Å². The van der Waals surface area contributed by atoms with E-state index < -0.39 is 0 Å². The molecule has 1 N–H and O–H groups in total. The highest BCUT2D eigenvalue weighted by Crippen LogP contribution is 2.16. The van der Waals surface area contributed by atoms with Gasteiger partial charge in [0.25, 0.3) is 0 Å². The van der Waals surface area contributed by atoms with Crippen LogP contribution in [-0.4, -0.2) is 16.9 Å². The van der Waals surface area contributed by atoms with Crippen LogP contribution < -0.4 is 10.1 Å². The van der Waals surface area contributed by atoms with Gasteiger partial charge < -0.3 is 10.1 Å². The Labute approximate surface area is 112 Å². The van der Waals surface area contributed by atoms with E-state index in [2.05, 4.69) is 10.4 Å². The fourth-order valence-corrected chi connectivity index (χ4v) is 1.95. The molecule has 0 radical (unpaired) electrons. The van der Waals surface area contributed by atoms with E-state index in [0.717, 1.165) is 11.3 Å². The maximum Gasteiger partial charge on any atom is 0.131 e. The number of rotatable bonds is 5. The lowest BCUT2D eigenvalue weighted by atomic mass is 10.2. The Hall–Kier alpha value is -1.88. The maximum atomic E-state index is 13.7. The van der Waals surface area contributed by atoms with Gasteiger partial charge in [-0.1, -0.05) is 6.07 Å². The summed E-state index contributed by atoms with van der Waals surface area (Å²) in [6.45, 7) is 3.11. The van der Waals surface area contributed by atoms with E-state index in [4.69, 9.17) is 4.74 Å². The smallest absolute Gasteiger partial charge is 0.131 e. The Morgan fingerprint density at radius 1 is 1.32 bits per heavy atom. The molecular formula is C14H18FN3O. The fraction of sp³-hybridized carbons (Fsp3) is 0.357. The van der Waals surface area contributed by atoms with Crippen LogP contribution in [0.2, 0.25) is 0 Å². The second-order valence-corrected chi connectivity index (χ2v) is 4.47. The van der Waals surface area contributed by atoms with Crippen LogP contribution >= 0.6 is 0 Å². The van der Waals surface area contributed by atoms with Crippen LogP contribution in [0.5, 0.6) is 5.75 Å². The standard InChI is InChI=1S/C14H18FN3O/c1-10-12(9-18(2)17-10)8-16-7-11-4-5-13(19-3)6-14(11)15/h4-6,9,16H,7-8H2,1-3H3. The number of ether oxygens (including phenoxy) is 1. The molecule has 0 aliphatic heterocycles. The number of nitrogens with one attached hydrogen (secondary N) is 1. The Balaban J connectivity index is 1.94. The zero-order valence-electron chi connectivity index (χ0n) is 11.4. The number of aromatic nitrogens is 2. The summed E-state index contributed by atoms with van der Waals surface area (Å²) >= 11 is 0. The predicted octanol–water partition coefficient (Wildman–Crippen LogP) is 2.17. The number of aryl methyl sites for hydroxylation is 2. The van der Waals surface area contributed by atoms with Gasteiger partial charge in [-0.25, -0.2) is 4.39 Å². The highest BCUT2D eigenvalue weighted by atomic mass is 19.1. The Morgan fingerprint density at radius 2 is 2.05 bits per heavy atom. The number of nitrogens with zero attached hydrogens (tertiary/aromatic N) is 2. The summed E-state index contributed by atoms with van der Waals surface area (Å²) in [5.74, 6) is 0.277. The number of hydrogen-bond acceptors (Lipinski definition) is 3. The Morgan fingerprint density at radius 3 is 2.63 bits per heavy atom. The van der Waals surface area contributed by atoms with Crippen LogP contribution in [0.1, 0.15) is 16.8 Å². The van der Waals surface area contributed by atoms with Gasteiger partial charge >= 0.3 is 0 Å². The summed E-state index contributed by atoms with van der Waals surface area (Å²) in [5, 5.41) is 7.48. The van der Waals surface area contributed by atoms with Crippen molar-refractivity contribution in [1.29, 1.82) is 0 Å². The molecule has 0 amide bonds. The molecule has 0 unspecified atom stereocenters. The lowest BCUT2D eigenvalue weighted by Crippen LogP contribution is -2.14. The molecule has 0 spiro atoms. The van der Waals surface area contributed by atoms with E-state index in [0.29, 0.717) is 24.4 Å². The van der Waals surface area contributed by atoms with Crippen molar-refractivity contribution in [2.75, 3.05) is 7.11 Å². The molecule has 4 nitrogen and oxygen atoms in total. The van der Waals surface area contributed by atoms with E-state index in [1.165, 1.54) is 13.2 Å². The van der Waals surface area contributed by atoms with E-state index in [1.807, 2.05) is 20.2 Å². The van der Waals surface area contributed by atoms with Crippen LogP contribution in [0, 0.1) is 12.7 Å². The normalized spacial score (nSPS) is 10.7. The molecule has 1 aromatic heterocycles. The minimum atomic E-state index is -0.255. The van der Waals surface area contributed by atoms with Gasteiger partial charge in [0.1, 0.15) is 11.6 Å². The molecule has 1 heterocycles. The summed E-state index contributed by atoms with van der Waals surface area (Å²) < 4.78 is 20.5. The van der Waals surface area contributed by atoms with Crippen molar-refractivity contribution < 1.29 is 9.13 Å². The van der Waals surface area contributed by atoms with E-state index >= 15 is 0 Å². The molecule has 0 saturated heterocycles. The van der Waals surface area contributed by atoms with Crippen molar-refractivity contribution in [3.05, 3.63) is 47.0 Å². The predicted molar refractivity (Wildman–Crippen MR) is 71.4 cm³/mol. The molecule has 2 rings (SSSR count). The van der Waals surface area contributed by atoms with Gasteiger partial charge in [-0.15, -0.1) is 0 Å². The first kappa shape index (κ1) is 13.5. The second kappa shape index (κ2) is 5.84. The second-order valence-electron chi connectivity index (χ2n) is 4.47. The highest BCUT2D eigenvalue weighted by Gasteiger charge is 2.05. The van der Waals surface area contributed by atoms with Crippen LogP contribution in [0.4, 0.5) is 4.39 Å². The number of halogens is 1. The van der Waals surface area contributed by atoms with Crippen molar-refractivity contribution in [2.24, 2.45) is 7.05 Å². The molecule has 0 aliphatic rings. The van der Waals surface area contributed by atoms with E-state index in [1.54, 1.807) is 16.8 Å². The highest BCUT2D eigenvalue weighted by molar-refractivity contribution is 5.28. The number of hydrogen-bond donors (Lipinski definition) is 1. The molecule has 2 aromatic rings. The summed E-state index contributed by atoms with van der Waals surface area (Å²) in [5.41, 5.74) is 2.74. The number of benzene rings is 1. The summed E-state index contributed by atoms with van der Waals surface area (Å²) in [6.07, 6.45) is 1.96. The van der Waals surface area contributed by atoms with Gasteiger partial charge in [-0.05, 0) is 13.0 Å². The molecule has 0 aliphatic carbocycles. The summed E-state index contributed by atoms with van der Waals surface area (Å²) in [6, 6.07) is 4.89. The molecule has 0 saturated carbocycles. The van der Waals surface area contributed by atoms with E-state index in [9.17, 15) is 4.39 Å². The largest absolute Gasteiger partial charge is 0.497 e. The quantitative estimate of drug-likeness (QED) is 0.898. The first-order valence-corrected chi connectivity index (χ1v) is 6.12. The molecule has 19 heavy (non-hydrogen) atoms. The van der Waals surface area contributed by atoms with Gasteiger partial charge in [0.15, 0.2) is 0 Å². The molecule has 1 aromatic carbocycles. The fourth-order valence-electron chi connectivity index (χ4n) is 1.95. The third-order valence-corrected chi connectivity index (χ3v) is 3.01. The average Bonchev–Trinajstić information content (AvgIpc) is 2.70. The number of methoxy groups -OCH3 is 1. The minimum absolute atomic E-state index is 0.255. The third-order valence-electron chi connectivity index (χ3n) is 3.01. The zero-order chi connectivity index (χ0) is 13.8. The molecule has 0 atom stereocenters. The molecular weight excluding hydrogens is 245 g/mol. The lowest BCUT2D eigenvalue weighted by Gasteiger charge is -2.07. The van der Waals surface area contributed by atoms with Gasteiger partial charge in [-0.3, -0.25) is 4.68 Å². The van der Waals surface area contributed by atoms with Gasteiger partial charge in [-0.2, -0.15) is 5.10 Å². The first-order chi connectivity index (χ1) is 9.10. The molecule has 102 valence electrons. The maximum absolute atomic E-state index is 13.7. The van der Waals surface area contributed by atoms with Crippen LogP contribution in [0.25, 0.3) is 0 Å². The SMILES string of the molecule is COc1ccc(CNCc2cn(C)nc2C)c(F)c1. The molecule has 0 bridgehead atoms. The van der Waals surface area contributed by atoms with Crippen molar-refractivity contribution >= 4 is 0 Å². The van der Waals surface area contributed by atoms with Crippen molar-refractivity contribution in [2.45, 2.75) is 20.0 Å². The third kappa shape index (κ3) is 3.32. The zero-order valence-corrected chi connectivity index (χ0v) is 11.4. The van der Waals surface area contributed by atoms with Crippen molar-refractivity contribution in [3.8, 4) is 5.75 Å². The first-order valence-electron chi connectivity index (χ1n) is 6.12. The summed E-state index contributed by atoms with van der Waals surface area (Å²) in [4.78, 5) is 0. The Bertz CT molecular complexity index is 566. The van der Waals surface area contributed by atoms with Gasteiger partial charge in [0.2, 0.25) is 0 Å².